The van der Waals surface area contributed by atoms with Gasteiger partial charge in [0.25, 0.3) is 6.26 Å². The van der Waals surface area contributed by atoms with Crippen LogP contribution in [0.5, 0.6) is 5.75 Å². The molecule has 0 spiro atoms. The van der Waals surface area contributed by atoms with Gasteiger partial charge in [-0.25, -0.2) is 31.5 Å². The van der Waals surface area contributed by atoms with Crippen LogP contribution in [-0.4, -0.2) is 81.4 Å². The summed E-state index contributed by atoms with van der Waals surface area (Å²) in [6.07, 6.45) is 18.8. The number of nitrogens with zero attached hydrogens (tertiary/aromatic N) is 3. The minimum absolute atomic E-state index is 0.0180. The molecule has 308 valence electrons. The summed E-state index contributed by atoms with van der Waals surface area (Å²) < 4.78 is 54.5. The number of aryl methyl sites for hydroxylation is 4. The first-order chi connectivity index (χ1) is 26.6. The van der Waals surface area contributed by atoms with Crippen LogP contribution < -0.4 is 19.9 Å². The van der Waals surface area contributed by atoms with Crippen molar-refractivity contribution in [3.8, 4) is 12.0 Å². The predicted octanol–water partition coefficient (Wildman–Crippen LogP) is 5.66. The Kier molecular flexibility index (Phi) is 13.7. The molecule has 4 aliphatic carbocycles. The van der Waals surface area contributed by atoms with Crippen LogP contribution in [0, 0.1) is 11.5 Å². The number of rotatable bonds is 9. The Hall–Kier alpha value is -3.22. The van der Waals surface area contributed by atoms with E-state index in [9.17, 15) is 21.6 Å². The van der Waals surface area contributed by atoms with E-state index in [4.69, 9.17) is 15.1 Å². The first-order valence-electron chi connectivity index (χ1n) is 20.9. The van der Waals surface area contributed by atoms with Crippen molar-refractivity contribution in [2.24, 2.45) is 5.14 Å². The molecule has 0 radical (unpaired) electrons. The zero-order chi connectivity index (χ0) is 40.2. The third-order valence-electron chi connectivity index (χ3n) is 12.5. The van der Waals surface area contributed by atoms with E-state index in [1.807, 2.05) is 6.26 Å². The number of hydrogen-bond acceptors (Lipinski definition) is 9. The van der Waals surface area contributed by atoms with Crippen molar-refractivity contribution in [1.82, 2.24) is 14.5 Å². The molecule has 2 unspecified atom stereocenters. The molecule has 0 bridgehead atoms. The summed E-state index contributed by atoms with van der Waals surface area (Å²) in [6.45, 7) is 10.3. The molecule has 2 saturated heterocycles. The van der Waals surface area contributed by atoms with E-state index in [1.54, 1.807) is 0 Å². The van der Waals surface area contributed by atoms with Crippen molar-refractivity contribution in [3.63, 3.8) is 0 Å². The molecule has 6 aliphatic rings. The van der Waals surface area contributed by atoms with E-state index in [-0.39, 0.29) is 23.6 Å². The number of urea groups is 1. The Morgan fingerprint density at radius 1 is 0.732 bits per heavy atom. The van der Waals surface area contributed by atoms with Crippen LogP contribution in [0.25, 0.3) is 0 Å². The third-order valence-corrected chi connectivity index (χ3v) is 14.7. The Balaban J connectivity index is 0.000000159. The van der Waals surface area contributed by atoms with Gasteiger partial charge in [-0.05, 0) is 188 Å². The number of hydrogen-bond donors (Lipinski definition) is 3. The van der Waals surface area contributed by atoms with Gasteiger partial charge in [0, 0.05) is 29.9 Å². The molecule has 4 N–H and O–H groups in total. The quantitative estimate of drug-likeness (QED) is 0.270. The molecule has 2 fully saturated rings. The SMILES string of the molecule is CC(C)N1CCCC1CS(=O)(=O)NC(=O)Nc1c2c(cc3c1CCC3)CCC2.CC(C)N1CCCC1CS(N)(=O)=O.N#COc1c2c(cc3c1CCC3)CCC2. The number of likely N-dealkylation sites (tertiary alicyclic amines) is 2. The van der Waals surface area contributed by atoms with E-state index >= 15 is 0 Å². The Labute approximate surface area is 335 Å². The van der Waals surface area contributed by atoms with E-state index < -0.39 is 26.1 Å². The minimum Gasteiger partial charge on any atom is -0.387 e. The number of nitriles is 1. The molecule has 14 heteroatoms. The van der Waals surface area contributed by atoms with Crippen molar-refractivity contribution in [2.75, 3.05) is 29.9 Å². The molecular weight excluding hydrogens is 749 g/mol. The van der Waals surface area contributed by atoms with Crippen molar-refractivity contribution < 1.29 is 26.4 Å². The van der Waals surface area contributed by atoms with Crippen molar-refractivity contribution in [1.29, 1.82) is 5.26 Å². The van der Waals surface area contributed by atoms with Gasteiger partial charge in [0.05, 0.1) is 11.5 Å². The van der Waals surface area contributed by atoms with E-state index in [1.165, 1.54) is 57.3 Å². The topological polar surface area (TPSA) is 175 Å². The number of fused-ring (bicyclic) bond motifs is 4. The molecular formula is C42H62N6O6S2. The second-order valence-electron chi connectivity index (χ2n) is 17.0. The van der Waals surface area contributed by atoms with Gasteiger partial charge in [0.1, 0.15) is 5.75 Å². The van der Waals surface area contributed by atoms with Crippen molar-refractivity contribution >= 4 is 31.8 Å². The lowest BCUT2D eigenvalue weighted by Crippen LogP contribution is -2.44. The molecule has 2 aromatic rings. The minimum atomic E-state index is -3.68. The van der Waals surface area contributed by atoms with Gasteiger partial charge in [-0.15, -0.1) is 5.26 Å². The monoisotopic (exact) mass is 810 g/mol. The average Bonchev–Trinajstić information content (AvgIpc) is 3.96. The Morgan fingerprint density at radius 2 is 1.16 bits per heavy atom. The number of nitrogens with two attached hydrogens (primary N) is 1. The van der Waals surface area contributed by atoms with Gasteiger partial charge in [0.2, 0.25) is 20.0 Å². The standard InChI is InChI=1S/C21H31N3O3S.C13H13NO.C8H18N2O2S/c1-14(2)24-11-5-8-17(24)13-28(26,27)23-21(25)22-20-18-9-3-6-15(18)12-16-7-4-10-19(16)20;14-8-15-13-11-5-1-3-9(11)7-10-4-2-6-12(10)13;1-7(2)10-5-3-4-8(10)6-13(9,11)12/h12,14,17H,3-11,13H2,1-2H3,(H2,22,23,25);7H,1-6H2;7-8H,3-6H2,1-2H3,(H2,9,11,12). The third kappa shape index (κ3) is 10.3. The largest absolute Gasteiger partial charge is 0.387 e. The lowest BCUT2D eigenvalue weighted by Gasteiger charge is -2.28. The van der Waals surface area contributed by atoms with Gasteiger partial charge in [-0.3, -0.25) is 9.80 Å². The van der Waals surface area contributed by atoms with Gasteiger partial charge in [-0.1, -0.05) is 12.1 Å². The molecule has 2 heterocycles. The number of carbonyl (C=O) groups excluding carboxylic acids is 1. The van der Waals surface area contributed by atoms with Crippen LogP contribution in [0.1, 0.15) is 124 Å². The number of anilines is 1. The highest BCUT2D eigenvalue weighted by atomic mass is 32.2. The van der Waals surface area contributed by atoms with Gasteiger partial charge >= 0.3 is 6.03 Å². The fourth-order valence-corrected chi connectivity index (χ4v) is 12.4. The van der Waals surface area contributed by atoms with Crippen LogP contribution in [0.15, 0.2) is 12.1 Å². The number of benzene rings is 2. The fourth-order valence-electron chi connectivity index (χ4n) is 10.2. The summed E-state index contributed by atoms with van der Waals surface area (Å²) in [4.78, 5) is 17.0. The van der Waals surface area contributed by atoms with Crippen LogP contribution in [0.4, 0.5) is 10.5 Å². The summed E-state index contributed by atoms with van der Waals surface area (Å²) >= 11 is 0. The Bertz CT molecular complexity index is 1960. The van der Waals surface area contributed by atoms with Crippen LogP contribution in [0.2, 0.25) is 0 Å². The summed E-state index contributed by atoms with van der Waals surface area (Å²) in [5.74, 6) is 0.981. The van der Waals surface area contributed by atoms with Crippen LogP contribution in [0.3, 0.4) is 0 Å². The maximum absolute atomic E-state index is 12.6. The summed E-state index contributed by atoms with van der Waals surface area (Å²) in [5.41, 5.74) is 11.4. The molecule has 56 heavy (non-hydrogen) atoms. The summed E-state index contributed by atoms with van der Waals surface area (Å²) in [6, 6.07) is 4.86. The Morgan fingerprint density at radius 3 is 1.59 bits per heavy atom. The maximum atomic E-state index is 12.6. The lowest BCUT2D eigenvalue weighted by molar-refractivity contribution is 0.217. The second-order valence-corrected chi connectivity index (χ2v) is 20.5. The first-order valence-corrected chi connectivity index (χ1v) is 24.2. The number of carbonyl (C=O) groups is 1. The number of ether oxygens (including phenoxy) is 1. The number of primary sulfonamides is 1. The molecule has 0 saturated carbocycles. The fraction of sp³-hybridized carbons (Fsp3) is 0.667. The molecule has 2 amide bonds. The summed E-state index contributed by atoms with van der Waals surface area (Å²) in [5, 5.41) is 16.6. The zero-order valence-corrected chi connectivity index (χ0v) is 35.4. The molecule has 2 atom stereocenters. The highest BCUT2D eigenvalue weighted by molar-refractivity contribution is 7.90. The maximum Gasteiger partial charge on any atom is 0.332 e. The number of sulfonamides is 2. The predicted molar refractivity (Wildman–Crippen MR) is 221 cm³/mol. The lowest BCUT2D eigenvalue weighted by atomic mass is 9.99. The molecule has 2 aromatic carbocycles. The van der Waals surface area contributed by atoms with E-state index in [2.05, 4.69) is 59.7 Å². The summed E-state index contributed by atoms with van der Waals surface area (Å²) in [7, 11) is -7.00. The smallest absolute Gasteiger partial charge is 0.332 e. The van der Waals surface area contributed by atoms with Crippen LogP contribution in [-0.2, 0) is 71.4 Å². The van der Waals surface area contributed by atoms with Crippen molar-refractivity contribution in [2.45, 2.75) is 155 Å². The average molecular weight is 811 g/mol. The van der Waals surface area contributed by atoms with E-state index in [0.29, 0.717) is 12.1 Å². The highest BCUT2D eigenvalue weighted by Gasteiger charge is 2.33. The molecule has 8 rings (SSSR count). The van der Waals surface area contributed by atoms with Gasteiger partial charge in [-0.2, -0.15) is 0 Å². The molecule has 0 aromatic heterocycles. The first kappa shape index (κ1) is 42.4. The second kappa shape index (κ2) is 18.1. The number of amides is 2. The van der Waals surface area contributed by atoms with Crippen molar-refractivity contribution in [3.05, 3.63) is 56.6 Å². The zero-order valence-electron chi connectivity index (χ0n) is 33.8. The highest BCUT2D eigenvalue weighted by Crippen LogP contribution is 2.40. The molecule has 2 aliphatic heterocycles. The normalized spacial score (nSPS) is 21.4. The molecule has 12 nitrogen and oxygen atoms in total. The van der Waals surface area contributed by atoms with E-state index in [0.717, 1.165) is 114 Å². The van der Waals surface area contributed by atoms with Crippen LogP contribution >= 0.6 is 0 Å². The van der Waals surface area contributed by atoms with Gasteiger partial charge in [0.15, 0.2) is 0 Å². The number of nitrogens with one attached hydrogen (secondary N) is 2. The van der Waals surface area contributed by atoms with Gasteiger partial charge < -0.3 is 10.1 Å².